The van der Waals surface area contributed by atoms with Crippen molar-refractivity contribution in [2.24, 2.45) is 28.2 Å². The van der Waals surface area contributed by atoms with Crippen LogP contribution in [0.4, 0.5) is 5.69 Å². The molecule has 0 aliphatic heterocycles. The van der Waals surface area contributed by atoms with Crippen molar-refractivity contribution in [3.05, 3.63) is 35.9 Å². The lowest BCUT2D eigenvalue weighted by atomic mass is 9.78. The average molecular weight is 418 g/mol. The third-order valence-electron chi connectivity index (χ3n) is 5.30. The summed E-state index contributed by atoms with van der Waals surface area (Å²) in [6, 6.07) is 8.35. The average Bonchev–Trinajstić information content (AvgIpc) is 2.62. The maximum Gasteiger partial charge on any atom is 0.119 e. The van der Waals surface area contributed by atoms with E-state index >= 15 is 0 Å². The number of hydrogen-bond donors (Lipinski definition) is 2. The van der Waals surface area contributed by atoms with Gasteiger partial charge in [0.15, 0.2) is 0 Å². The van der Waals surface area contributed by atoms with Gasteiger partial charge in [-0.3, -0.25) is 0 Å². The molecule has 1 aromatic carbocycles. The van der Waals surface area contributed by atoms with Gasteiger partial charge in [-0.2, -0.15) is 0 Å². The first-order valence-corrected chi connectivity index (χ1v) is 11.3. The molecule has 172 valence electrons. The Bertz CT molecular complexity index is 652. The van der Waals surface area contributed by atoms with Crippen LogP contribution in [-0.4, -0.2) is 31.8 Å². The molecule has 2 atom stereocenters. The monoisotopic (exact) mass is 417 g/mol. The predicted molar refractivity (Wildman–Crippen MR) is 132 cm³/mol. The van der Waals surface area contributed by atoms with E-state index in [2.05, 4.69) is 97.6 Å². The Morgan fingerprint density at radius 3 is 2.07 bits per heavy atom. The number of anilines is 1. The van der Waals surface area contributed by atoms with Crippen LogP contribution in [0.2, 0.25) is 0 Å². The Morgan fingerprint density at radius 1 is 1.03 bits per heavy atom. The summed E-state index contributed by atoms with van der Waals surface area (Å²) in [6.07, 6.45) is 3.21. The summed E-state index contributed by atoms with van der Waals surface area (Å²) in [5.41, 5.74) is 15.6. The molecular weight excluding hydrogens is 370 g/mol. The van der Waals surface area contributed by atoms with Gasteiger partial charge in [0, 0.05) is 30.9 Å². The summed E-state index contributed by atoms with van der Waals surface area (Å²) in [5, 5.41) is 0. The van der Waals surface area contributed by atoms with E-state index in [1.54, 1.807) is 0 Å². The first-order valence-electron chi connectivity index (χ1n) is 11.3. The highest BCUT2D eigenvalue weighted by molar-refractivity contribution is 5.50. The highest BCUT2D eigenvalue weighted by Gasteiger charge is 2.33. The predicted octanol–water partition coefficient (Wildman–Crippen LogP) is 5.61. The molecule has 0 aromatic heterocycles. The molecule has 4 heteroatoms. The van der Waals surface area contributed by atoms with Crippen LogP contribution in [0.5, 0.6) is 5.75 Å². The molecule has 0 saturated heterocycles. The van der Waals surface area contributed by atoms with Crippen LogP contribution in [0.25, 0.3) is 0 Å². The SMILES string of the molecule is CC(C)=CCN(CC(C)(C)C(N)C(N)CC(C)C)c1ccc(OCC(C)(C)C)cc1. The van der Waals surface area contributed by atoms with Crippen molar-refractivity contribution in [2.75, 3.05) is 24.6 Å². The van der Waals surface area contributed by atoms with E-state index < -0.39 is 0 Å². The zero-order chi connectivity index (χ0) is 23.1. The normalized spacial score (nSPS) is 14.4. The minimum Gasteiger partial charge on any atom is -0.493 e. The second-order valence-corrected chi connectivity index (χ2v) is 11.3. The van der Waals surface area contributed by atoms with Crippen molar-refractivity contribution in [2.45, 2.75) is 80.8 Å². The van der Waals surface area contributed by atoms with Crippen molar-refractivity contribution in [1.29, 1.82) is 0 Å². The van der Waals surface area contributed by atoms with Crippen molar-refractivity contribution >= 4 is 5.69 Å². The van der Waals surface area contributed by atoms with Gasteiger partial charge in [0.2, 0.25) is 0 Å². The first-order chi connectivity index (χ1) is 13.7. The molecule has 2 unspecified atom stereocenters. The van der Waals surface area contributed by atoms with E-state index in [9.17, 15) is 0 Å². The summed E-state index contributed by atoms with van der Waals surface area (Å²) < 4.78 is 5.94. The molecule has 1 rings (SSSR count). The molecule has 1 aromatic rings. The summed E-state index contributed by atoms with van der Waals surface area (Å²) in [4.78, 5) is 2.39. The third kappa shape index (κ3) is 9.53. The fraction of sp³-hybridized carbons (Fsp3) is 0.692. The summed E-state index contributed by atoms with van der Waals surface area (Å²) in [5.74, 6) is 1.45. The molecule has 0 spiro atoms. The molecule has 0 aliphatic carbocycles. The largest absolute Gasteiger partial charge is 0.493 e. The third-order valence-corrected chi connectivity index (χ3v) is 5.30. The Kier molecular flexibility index (Phi) is 9.90. The second kappa shape index (κ2) is 11.2. The Labute approximate surface area is 186 Å². The highest BCUT2D eigenvalue weighted by atomic mass is 16.5. The van der Waals surface area contributed by atoms with Gasteiger partial charge in [-0.25, -0.2) is 0 Å². The van der Waals surface area contributed by atoms with E-state index in [4.69, 9.17) is 16.2 Å². The molecular formula is C26H47N3O. The van der Waals surface area contributed by atoms with Crippen LogP contribution < -0.4 is 21.1 Å². The van der Waals surface area contributed by atoms with Gasteiger partial charge in [0.05, 0.1) is 6.61 Å². The van der Waals surface area contributed by atoms with Crippen LogP contribution in [-0.2, 0) is 0 Å². The first kappa shape index (κ1) is 26.5. The summed E-state index contributed by atoms with van der Waals surface area (Å²) in [7, 11) is 0. The van der Waals surface area contributed by atoms with E-state index in [1.165, 1.54) is 11.3 Å². The molecule has 0 saturated carbocycles. The molecule has 30 heavy (non-hydrogen) atoms. The molecule has 4 nitrogen and oxygen atoms in total. The van der Waals surface area contributed by atoms with Crippen LogP contribution in [0.1, 0.15) is 68.7 Å². The lowest BCUT2D eigenvalue weighted by molar-refractivity contribution is 0.198. The topological polar surface area (TPSA) is 64.5 Å². The number of hydrogen-bond acceptors (Lipinski definition) is 4. The minimum absolute atomic E-state index is 0.00141. The fourth-order valence-corrected chi connectivity index (χ4v) is 3.47. The van der Waals surface area contributed by atoms with Crippen molar-refractivity contribution < 1.29 is 4.74 Å². The number of rotatable bonds is 11. The molecule has 0 aliphatic rings. The van der Waals surface area contributed by atoms with Gasteiger partial charge >= 0.3 is 0 Å². The van der Waals surface area contributed by atoms with E-state index in [0.29, 0.717) is 12.5 Å². The van der Waals surface area contributed by atoms with Crippen LogP contribution >= 0.6 is 0 Å². The summed E-state index contributed by atoms with van der Waals surface area (Å²) >= 11 is 0. The van der Waals surface area contributed by atoms with Gasteiger partial charge in [-0.05, 0) is 61.3 Å². The Hall–Kier alpha value is -1.52. The van der Waals surface area contributed by atoms with Crippen LogP contribution in [0.3, 0.4) is 0 Å². The molecule has 0 radical (unpaired) electrons. The zero-order valence-corrected chi connectivity index (χ0v) is 21.0. The van der Waals surface area contributed by atoms with Crippen molar-refractivity contribution in [3.63, 3.8) is 0 Å². The Balaban J connectivity index is 2.99. The minimum atomic E-state index is -0.120. The number of nitrogens with zero attached hydrogens (tertiary/aromatic N) is 1. The number of allylic oxidation sites excluding steroid dienone is 1. The number of nitrogens with two attached hydrogens (primary N) is 2. The van der Waals surface area contributed by atoms with Gasteiger partial charge in [0.25, 0.3) is 0 Å². The van der Waals surface area contributed by atoms with E-state index in [1.807, 2.05) is 0 Å². The fourth-order valence-electron chi connectivity index (χ4n) is 3.47. The maximum absolute atomic E-state index is 6.64. The lowest BCUT2D eigenvalue weighted by Crippen LogP contribution is -2.55. The number of ether oxygens (including phenoxy) is 1. The lowest BCUT2D eigenvalue weighted by Gasteiger charge is -2.40. The van der Waals surface area contributed by atoms with Crippen molar-refractivity contribution in [1.82, 2.24) is 0 Å². The maximum atomic E-state index is 6.64. The second-order valence-electron chi connectivity index (χ2n) is 11.3. The van der Waals surface area contributed by atoms with E-state index in [0.717, 1.165) is 25.3 Å². The van der Waals surface area contributed by atoms with Gasteiger partial charge < -0.3 is 21.1 Å². The summed E-state index contributed by atoms with van der Waals surface area (Å²) in [6.45, 7) is 22.0. The zero-order valence-electron chi connectivity index (χ0n) is 21.0. The van der Waals surface area contributed by atoms with Crippen LogP contribution in [0, 0.1) is 16.7 Å². The van der Waals surface area contributed by atoms with Gasteiger partial charge in [-0.1, -0.05) is 60.1 Å². The van der Waals surface area contributed by atoms with Crippen molar-refractivity contribution in [3.8, 4) is 5.75 Å². The molecule has 0 bridgehead atoms. The molecule has 0 amide bonds. The van der Waals surface area contributed by atoms with Gasteiger partial charge in [0.1, 0.15) is 5.75 Å². The van der Waals surface area contributed by atoms with Crippen LogP contribution in [0.15, 0.2) is 35.9 Å². The standard InChI is InChI=1S/C26H47N3O/c1-19(2)14-15-29(17-26(8,9)24(28)23(27)16-20(3)4)21-10-12-22(13-11-21)30-18-25(5,6)7/h10-14,20,23-24H,15-18,27-28H2,1-9H3. The van der Waals surface area contributed by atoms with E-state index in [-0.39, 0.29) is 22.9 Å². The smallest absolute Gasteiger partial charge is 0.119 e. The quantitative estimate of drug-likeness (QED) is 0.459. The van der Waals surface area contributed by atoms with Gasteiger partial charge in [-0.15, -0.1) is 0 Å². The molecule has 0 heterocycles. The number of benzene rings is 1. The Morgan fingerprint density at radius 2 is 1.60 bits per heavy atom. The highest BCUT2D eigenvalue weighted by Crippen LogP contribution is 2.29. The molecule has 0 fully saturated rings. The molecule has 4 N–H and O–H groups in total.